The highest BCUT2D eigenvalue weighted by molar-refractivity contribution is 5.77. The summed E-state index contributed by atoms with van der Waals surface area (Å²) in [4.78, 5) is 31.1. The summed E-state index contributed by atoms with van der Waals surface area (Å²) in [5.74, 6) is 0.0360. The van der Waals surface area contributed by atoms with Crippen LogP contribution >= 0.6 is 0 Å². The summed E-state index contributed by atoms with van der Waals surface area (Å²) >= 11 is 0. The molecule has 1 atom stereocenters. The zero-order valence-electron chi connectivity index (χ0n) is 13.4. The van der Waals surface area contributed by atoms with Gasteiger partial charge in [0.15, 0.2) is 11.9 Å². The lowest BCUT2D eigenvalue weighted by molar-refractivity contribution is -0.148. The van der Waals surface area contributed by atoms with Gasteiger partial charge in [-0.1, -0.05) is 42.5 Å². The van der Waals surface area contributed by atoms with Gasteiger partial charge in [-0.2, -0.15) is 0 Å². The molecule has 24 heavy (non-hydrogen) atoms. The van der Waals surface area contributed by atoms with E-state index in [0.717, 1.165) is 5.56 Å². The lowest BCUT2D eigenvalue weighted by atomic mass is 10.1. The molecule has 1 heterocycles. The van der Waals surface area contributed by atoms with Gasteiger partial charge in [-0.15, -0.1) is 0 Å². The molecule has 122 valence electrons. The second-order valence-corrected chi connectivity index (χ2v) is 5.59. The highest BCUT2D eigenvalue weighted by atomic mass is 16.5. The Bertz CT molecular complexity index is 903. The van der Waals surface area contributed by atoms with Crippen LogP contribution in [0.1, 0.15) is 30.8 Å². The van der Waals surface area contributed by atoms with Crippen LogP contribution in [0.2, 0.25) is 0 Å². The van der Waals surface area contributed by atoms with Crippen molar-refractivity contribution in [2.75, 3.05) is 0 Å². The summed E-state index contributed by atoms with van der Waals surface area (Å²) in [6, 6.07) is 16.8. The first kappa shape index (κ1) is 15.9. The molecule has 5 heteroatoms. The van der Waals surface area contributed by atoms with Crippen molar-refractivity contribution in [3.8, 4) is 0 Å². The van der Waals surface area contributed by atoms with Gasteiger partial charge in [0.2, 0.25) is 0 Å². The van der Waals surface area contributed by atoms with Crippen LogP contribution in [0.4, 0.5) is 0 Å². The third-order valence-electron chi connectivity index (χ3n) is 3.79. The predicted octanol–water partition coefficient (Wildman–Crippen LogP) is 3.16. The number of fused-ring (bicyclic) bond motifs is 1. The molecular weight excluding hydrogens is 304 g/mol. The normalized spacial score (nSPS) is 12.0. The molecule has 0 radical (unpaired) electrons. The Labute approximate surface area is 139 Å². The van der Waals surface area contributed by atoms with Gasteiger partial charge in [-0.3, -0.25) is 9.59 Å². The molecular formula is C19H18N2O3. The second-order valence-electron chi connectivity index (χ2n) is 5.59. The summed E-state index contributed by atoms with van der Waals surface area (Å²) in [7, 11) is 0. The molecule has 0 fully saturated rings. The molecule has 0 saturated carbocycles. The number of benzene rings is 2. The van der Waals surface area contributed by atoms with Gasteiger partial charge in [0.25, 0.3) is 5.56 Å². The van der Waals surface area contributed by atoms with Crippen LogP contribution in [0.25, 0.3) is 10.9 Å². The number of hydrogen-bond donors (Lipinski definition) is 1. The van der Waals surface area contributed by atoms with E-state index in [-0.39, 0.29) is 17.9 Å². The number of carbonyl (C=O) groups excluding carboxylic acids is 1. The predicted molar refractivity (Wildman–Crippen MR) is 91.6 cm³/mol. The molecule has 0 amide bonds. The summed E-state index contributed by atoms with van der Waals surface area (Å²) in [6.45, 7) is 1.70. The molecule has 3 rings (SSSR count). The maximum atomic E-state index is 12.1. The molecule has 0 aliphatic heterocycles. The quantitative estimate of drug-likeness (QED) is 0.732. The van der Waals surface area contributed by atoms with Gasteiger partial charge in [0, 0.05) is 6.42 Å². The fraction of sp³-hybridized carbons (Fsp3) is 0.211. The number of para-hydroxylation sites is 1. The Hall–Kier alpha value is -2.95. The minimum atomic E-state index is -0.606. The Morgan fingerprint density at radius 3 is 2.62 bits per heavy atom. The molecule has 2 aromatic carbocycles. The van der Waals surface area contributed by atoms with Crippen molar-refractivity contribution in [3.63, 3.8) is 0 Å². The van der Waals surface area contributed by atoms with Crippen LogP contribution in [0.3, 0.4) is 0 Å². The van der Waals surface area contributed by atoms with Gasteiger partial charge < -0.3 is 9.72 Å². The number of aromatic nitrogens is 2. The van der Waals surface area contributed by atoms with E-state index in [1.807, 2.05) is 36.4 Å². The number of esters is 1. The lowest BCUT2D eigenvalue weighted by Gasteiger charge is -2.13. The smallest absolute Gasteiger partial charge is 0.306 e. The second kappa shape index (κ2) is 7.08. The highest BCUT2D eigenvalue weighted by Gasteiger charge is 2.15. The lowest BCUT2D eigenvalue weighted by Crippen LogP contribution is -2.17. The van der Waals surface area contributed by atoms with E-state index in [1.54, 1.807) is 25.1 Å². The molecule has 3 aromatic rings. The number of hydrogen-bond acceptors (Lipinski definition) is 4. The zero-order chi connectivity index (χ0) is 16.9. The van der Waals surface area contributed by atoms with Crippen molar-refractivity contribution in [2.24, 2.45) is 0 Å². The van der Waals surface area contributed by atoms with E-state index in [9.17, 15) is 9.59 Å². The number of aryl methyl sites for hydroxylation is 1. The molecule has 0 bridgehead atoms. The standard InChI is InChI=1S/C19H18N2O3/c1-13(24-17(22)12-11-14-7-3-2-4-8-14)18-20-16-10-6-5-9-15(16)19(23)21-18/h2-10,13H,11-12H2,1H3,(H,20,21,23)/t13-/m0/s1. The van der Waals surface area contributed by atoms with Crippen molar-refractivity contribution in [3.05, 3.63) is 76.3 Å². The Morgan fingerprint density at radius 2 is 1.83 bits per heavy atom. The Morgan fingerprint density at radius 1 is 1.12 bits per heavy atom. The maximum absolute atomic E-state index is 12.1. The average Bonchev–Trinajstić information content (AvgIpc) is 2.61. The van der Waals surface area contributed by atoms with E-state index in [0.29, 0.717) is 23.1 Å². The van der Waals surface area contributed by atoms with E-state index in [2.05, 4.69) is 9.97 Å². The third kappa shape index (κ3) is 3.68. The average molecular weight is 322 g/mol. The molecule has 0 unspecified atom stereocenters. The summed E-state index contributed by atoms with van der Waals surface area (Å²) < 4.78 is 5.39. The fourth-order valence-corrected chi connectivity index (χ4v) is 2.50. The van der Waals surface area contributed by atoms with Crippen molar-refractivity contribution in [1.29, 1.82) is 0 Å². The number of ether oxygens (including phenoxy) is 1. The minimum absolute atomic E-state index is 0.234. The number of rotatable bonds is 5. The SMILES string of the molecule is C[C@H](OC(=O)CCc1ccccc1)c1nc2ccccc2c(=O)[nH]1. The van der Waals surface area contributed by atoms with Crippen LogP contribution in [-0.2, 0) is 16.0 Å². The summed E-state index contributed by atoms with van der Waals surface area (Å²) in [5.41, 5.74) is 1.44. The van der Waals surface area contributed by atoms with Gasteiger partial charge in [0.1, 0.15) is 0 Å². The molecule has 0 aliphatic rings. The molecule has 0 aliphatic carbocycles. The Kier molecular flexibility index (Phi) is 4.70. The zero-order valence-corrected chi connectivity index (χ0v) is 13.4. The van der Waals surface area contributed by atoms with Crippen LogP contribution in [0.15, 0.2) is 59.4 Å². The van der Waals surface area contributed by atoms with E-state index >= 15 is 0 Å². The van der Waals surface area contributed by atoms with Crippen LogP contribution < -0.4 is 5.56 Å². The first-order chi connectivity index (χ1) is 11.6. The van der Waals surface area contributed by atoms with Crippen LogP contribution in [0.5, 0.6) is 0 Å². The minimum Gasteiger partial charge on any atom is -0.454 e. The molecule has 1 N–H and O–H groups in total. The van der Waals surface area contributed by atoms with Crippen LogP contribution in [0, 0.1) is 0 Å². The van der Waals surface area contributed by atoms with Crippen molar-refractivity contribution < 1.29 is 9.53 Å². The summed E-state index contributed by atoms with van der Waals surface area (Å²) in [6.07, 6.45) is 0.297. The van der Waals surface area contributed by atoms with Crippen molar-refractivity contribution >= 4 is 16.9 Å². The van der Waals surface area contributed by atoms with Crippen LogP contribution in [-0.4, -0.2) is 15.9 Å². The topological polar surface area (TPSA) is 72.0 Å². The van der Waals surface area contributed by atoms with Crippen molar-refractivity contribution in [2.45, 2.75) is 25.9 Å². The number of nitrogens with one attached hydrogen (secondary N) is 1. The highest BCUT2D eigenvalue weighted by Crippen LogP contribution is 2.15. The van der Waals surface area contributed by atoms with Gasteiger partial charge >= 0.3 is 5.97 Å². The molecule has 5 nitrogen and oxygen atoms in total. The van der Waals surface area contributed by atoms with E-state index < -0.39 is 6.10 Å². The van der Waals surface area contributed by atoms with E-state index in [1.165, 1.54) is 0 Å². The first-order valence-corrected chi connectivity index (χ1v) is 7.86. The molecule has 1 aromatic heterocycles. The van der Waals surface area contributed by atoms with Gasteiger partial charge in [0.05, 0.1) is 10.9 Å². The molecule has 0 saturated heterocycles. The van der Waals surface area contributed by atoms with Crippen molar-refractivity contribution in [1.82, 2.24) is 9.97 Å². The number of carbonyl (C=O) groups is 1. The summed E-state index contributed by atoms with van der Waals surface area (Å²) in [5, 5.41) is 0.517. The number of H-pyrrole nitrogens is 1. The Balaban J connectivity index is 1.67. The molecule has 0 spiro atoms. The monoisotopic (exact) mass is 322 g/mol. The third-order valence-corrected chi connectivity index (χ3v) is 3.79. The maximum Gasteiger partial charge on any atom is 0.306 e. The fourth-order valence-electron chi connectivity index (χ4n) is 2.50. The largest absolute Gasteiger partial charge is 0.454 e. The number of aromatic amines is 1. The van der Waals surface area contributed by atoms with Gasteiger partial charge in [-0.25, -0.2) is 4.98 Å². The van der Waals surface area contributed by atoms with Gasteiger partial charge in [-0.05, 0) is 31.0 Å². The number of nitrogens with zero attached hydrogens (tertiary/aromatic N) is 1. The van der Waals surface area contributed by atoms with E-state index in [4.69, 9.17) is 4.74 Å². The first-order valence-electron chi connectivity index (χ1n) is 7.86.